The maximum atomic E-state index is 12.5. The zero-order valence-electron chi connectivity index (χ0n) is 11.7. The number of esters is 1. The molecule has 116 valence electrons. The zero-order chi connectivity index (χ0) is 15.2. The minimum absolute atomic E-state index is 0.152. The smallest absolute Gasteiger partial charge is 0.422 e. The molecule has 7 atom stereocenters. The molecule has 4 rings (SSSR count). The fourth-order valence-electron chi connectivity index (χ4n) is 5.41. The second kappa shape index (κ2) is 3.83. The molecule has 4 aliphatic rings. The van der Waals surface area contributed by atoms with E-state index in [0.29, 0.717) is 17.8 Å². The van der Waals surface area contributed by atoms with E-state index in [1.54, 1.807) is 0 Å². The molecule has 3 nitrogen and oxygen atoms in total. The van der Waals surface area contributed by atoms with Crippen molar-refractivity contribution >= 4 is 5.97 Å². The fraction of sp³-hybridized carbons (Fsp3) is 0.800. The third kappa shape index (κ3) is 1.62. The van der Waals surface area contributed by atoms with Crippen molar-refractivity contribution in [1.29, 1.82) is 0 Å². The molecule has 0 spiro atoms. The molecule has 2 bridgehead atoms. The first-order chi connectivity index (χ1) is 9.72. The van der Waals surface area contributed by atoms with E-state index in [1.165, 1.54) is 0 Å². The molecule has 1 aliphatic heterocycles. The van der Waals surface area contributed by atoms with Crippen LogP contribution in [0.1, 0.15) is 26.2 Å². The summed E-state index contributed by atoms with van der Waals surface area (Å²) in [7, 11) is 0. The highest BCUT2D eigenvalue weighted by atomic mass is 19.4. The number of carbonyl (C=O) groups is 1. The van der Waals surface area contributed by atoms with Crippen LogP contribution in [0.25, 0.3) is 0 Å². The van der Waals surface area contributed by atoms with Crippen molar-refractivity contribution in [2.75, 3.05) is 0 Å². The number of fused-ring (bicyclic) bond motifs is 2. The van der Waals surface area contributed by atoms with Crippen LogP contribution in [-0.4, -0.2) is 30.0 Å². The average molecular weight is 302 g/mol. The van der Waals surface area contributed by atoms with Crippen molar-refractivity contribution in [2.24, 2.45) is 23.7 Å². The second-order valence-electron chi connectivity index (χ2n) is 7.03. The van der Waals surface area contributed by atoms with E-state index in [0.717, 1.165) is 19.3 Å². The van der Waals surface area contributed by atoms with Crippen LogP contribution in [0, 0.1) is 23.7 Å². The van der Waals surface area contributed by atoms with Gasteiger partial charge in [0.15, 0.2) is 0 Å². The largest absolute Gasteiger partial charge is 0.456 e. The first-order valence-electron chi connectivity index (χ1n) is 7.37. The third-order valence-electron chi connectivity index (χ3n) is 6.10. The Kier molecular flexibility index (Phi) is 2.48. The molecule has 0 aromatic heterocycles. The standard InChI is InChI=1S/C15H17F3O3/c1-6(15(16,17)18)13(19)20-11-8-5-9-10-7(8)3-4-14(10,2)21-12(9)11/h7-12H,1,3-5H2,2H3. The number of carbonyl (C=O) groups excluding carboxylic acids is 1. The molecular weight excluding hydrogens is 285 g/mol. The van der Waals surface area contributed by atoms with E-state index in [-0.39, 0.29) is 17.6 Å². The van der Waals surface area contributed by atoms with E-state index in [1.807, 2.05) is 0 Å². The van der Waals surface area contributed by atoms with Gasteiger partial charge in [-0.2, -0.15) is 13.2 Å². The average Bonchev–Trinajstić information content (AvgIpc) is 3.03. The van der Waals surface area contributed by atoms with Crippen molar-refractivity contribution in [3.05, 3.63) is 12.2 Å². The third-order valence-corrected chi connectivity index (χ3v) is 6.10. The first kappa shape index (κ1) is 13.6. The Bertz CT molecular complexity index is 521. The maximum Gasteiger partial charge on any atom is 0.422 e. The molecule has 3 saturated carbocycles. The van der Waals surface area contributed by atoms with E-state index >= 15 is 0 Å². The van der Waals surface area contributed by atoms with Gasteiger partial charge in [-0.05, 0) is 43.9 Å². The van der Waals surface area contributed by atoms with Gasteiger partial charge in [0.1, 0.15) is 11.7 Å². The molecular formula is C15H17F3O3. The van der Waals surface area contributed by atoms with Crippen molar-refractivity contribution in [3.8, 4) is 0 Å². The van der Waals surface area contributed by atoms with E-state index < -0.39 is 23.8 Å². The molecule has 1 heterocycles. The monoisotopic (exact) mass is 302 g/mol. The summed E-state index contributed by atoms with van der Waals surface area (Å²) in [5.41, 5.74) is -1.60. The van der Waals surface area contributed by atoms with Gasteiger partial charge in [-0.1, -0.05) is 6.58 Å². The predicted octanol–water partition coefficient (Wildman–Crippen LogP) is 2.85. The summed E-state index contributed by atoms with van der Waals surface area (Å²) in [4.78, 5) is 11.7. The van der Waals surface area contributed by atoms with Gasteiger partial charge in [0.25, 0.3) is 0 Å². The number of rotatable bonds is 2. The second-order valence-corrected chi connectivity index (χ2v) is 7.03. The van der Waals surface area contributed by atoms with Gasteiger partial charge < -0.3 is 9.47 Å². The van der Waals surface area contributed by atoms with Gasteiger partial charge >= 0.3 is 12.1 Å². The first-order valence-corrected chi connectivity index (χ1v) is 7.37. The van der Waals surface area contributed by atoms with Gasteiger partial charge in [0.05, 0.1) is 11.7 Å². The Morgan fingerprint density at radius 2 is 2.05 bits per heavy atom. The van der Waals surface area contributed by atoms with Crippen LogP contribution in [0.4, 0.5) is 13.2 Å². The summed E-state index contributed by atoms with van der Waals surface area (Å²) in [5, 5.41) is 0. The lowest BCUT2D eigenvalue weighted by atomic mass is 9.77. The number of alkyl halides is 3. The highest BCUT2D eigenvalue weighted by Crippen LogP contribution is 2.69. The minimum Gasteiger partial charge on any atom is -0.456 e. The molecule has 3 aliphatic carbocycles. The topological polar surface area (TPSA) is 35.5 Å². The summed E-state index contributed by atoms with van der Waals surface area (Å²) in [6.07, 6.45) is -2.58. The van der Waals surface area contributed by atoms with Crippen LogP contribution >= 0.6 is 0 Å². The lowest BCUT2D eigenvalue weighted by Gasteiger charge is -2.31. The Balaban J connectivity index is 1.54. The Morgan fingerprint density at radius 3 is 2.71 bits per heavy atom. The molecule has 0 aromatic rings. The fourth-order valence-corrected chi connectivity index (χ4v) is 5.41. The Morgan fingerprint density at radius 1 is 1.33 bits per heavy atom. The van der Waals surface area contributed by atoms with Crippen LogP contribution in [0.2, 0.25) is 0 Å². The van der Waals surface area contributed by atoms with Crippen molar-refractivity contribution in [1.82, 2.24) is 0 Å². The number of ether oxygens (including phenoxy) is 2. The summed E-state index contributed by atoms with van der Waals surface area (Å²) in [6, 6.07) is 0. The molecule has 0 N–H and O–H groups in total. The summed E-state index contributed by atoms with van der Waals surface area (Å²) >= 11 is 0. The number of halogens is 3. The van der Waals surface area contributed by atoms with Crippen molar-refractivity contribution in [2.45, 2.75) is 50.2 Å². The zero-order valence-corrected chi connectivity index (χ0v) is 11.7. The quantitative estimate of drug-likeness (QED) is 0.581. The van der Waals surface area contributed by atoms with Crippen LogP contribution in [0.5, 0.6) is 0 Å². The molecule has 21 heavy (non-hydrogen) atoms. The summed E-state index contributed by atoms with van der Waals surface area (Å²) in [5.74, 6) is 0.0564. The predicted molar refractivity (Wildman–Crippen MR) is 66.2 cm³/mol. The van der Waals surface area contributed by atoms with Crippen LogP contribution in [0.3, 0.4) is 0 Å². The van der Waals surface area contributed by atoms with Crippen molar-refractivity contribution in [3.63, 3.8) is 0 Å². The molecule has 0 radical (unpaired) electrons. The highest BCUT2D eigenvalue weighted by Gasteiger charge is 2.72. The Hall–Kier alpha value is -1.04. The van der Waals surface area contributed by atoms with Crippen LogP contribution < -0.4 is 0 Å². The van der Waals surface area contributed by atoms with E-state index in [2.05, 4.69) is 13.5 Å². The minimum atomic E-state index is -4.74. The Labute approximate surface area is 120 Å². The maximum absolute atomic E-state index is 12.5. The van der Waals surface area contributed by atoms with E-state index in [4.69, 9.17) is 9.47 Å². The summed E-state index contributed by atoms with van der Waals surface area (Å²) in [6.45, 7) is 4.90. The number of hydrogen-bond acceptors (Lipinski definition) is 3. The van der Waals surface area contributed by atoms with Gasteiger partial charge in [0.2, 0.25) is 0 Å². The molecule has 7 unspecified atom stereocenters. The number of hydrogen-bond donors (Lipinski definition) is 0. The summed E-state index contributed by atoms with van der Waals surface area (Å²) < 4.78 is 48.9. The lowest BCUT2D eigenvalue weighted by molar-refractivity contribution is -0.168. The van der Waals surface area contributed by atoms with Crippen molar-refractivity contribution < 1.29 is 27.4 Å². The van der Waals surface area contributed by atoms with Gasteiger partial charge in [0, 0.05) is 5.92 Å². The normalized spacial score (nSPS) is 49.7. The van der Waals surface area contributed by atoms with Gasteiger partial charge in [-0.15, -0.1) is 0 Å². The molecule has 0 amide bonds. The van der Waals surface area contributed by atoms with Gasteiger partial charge in [-0.3, -0.25) is 0 Å². The molecule has 1 saturated heterocycles. The van der Waals surface area contributed by atoms with E-state index in [9.17, 15) is 18.0 Å². The molecule has 4 fully saturated rings. The molecule has 6 heteroatoms. The highest BCUT2D eigenvalue weighted by molar-refractivity contribution is 5.89. The van der Waals surface area contributed by atoms with Crippen LogP contribution in [0.15, 0.2) is 12.2 Å². The lowest BCUT2D eigenvalue weighted by Crippen LogP contribution is -2.41. The SMILES string of the molecule is C=C(C(=O)OC1C2CC3C1OC1(C)CCC2C31)C(F)(F)F. The van der Waals surface area contributed by atoms with Gasteiger partial charge in [-0.25, -0.2) is 4.79 Å². The molecule has 0 aromatic carbocycles. The van der Waals surface area contributed by atoms with Crippen LogP contribution in [-0.2, 0) is 14.3 Å².